The van der Waals surface area contributed by atoms with Crippen LogP contribution in [-0.2, 0) is 4.79 Å². The van der Waals surface area contributed by atoms with E-state index < -0.39 is 11.5 Å². The number of benzene rings is 1. The highest BCUT2D eigenvalue weighted by molar-refractivity contribution is 6.31. The van der Waals surface area contributed by atoms with Gasteiger partial charge in [-0.2, -0.15) is 0 Å². The molecule has 2 fully saturated rings. The number of fused-ring (bicyclic) bond motifs is 1. The molecular weight excluding hydrogens is 338 g/mol. The van der Waals surface area contributed by atoms with Crippen LogP contribution in [0.3, 0.4) is 0 Å². The molecule has 1 spiro atoms. The molecule has 2 aromatic rings. The van der Waals surface area contributed by atoms with Crippen LogP contribution >= 0.6 is 11.6 Å². The van der Waals surface area contributed by atoms with Gasteiger partial charge >= 0.3 is 0 Å². The Morgan fingerprint density at radius 3 is 3.08 bits per heavy atom. The molecule has 1 aromatic heterocycles. The highest BCUT2D eigenvalue weighted by Crippen LogP contribution is 2.40. The fraction of sp³-hybridized carbons (Fsp3) is 0.474. The third-order valence-corrected chi connectivity index (χ3v) is 5.86. The van der Waals surface area contributed by atoms with Gasteiger partial charge in [-0.05, 0) is 49.9 Å². The second kappa shape index (κ2) is 6.15. The summed E-state index contributed by atoms with van der Waals surface area (Å²) in [6.07, 6.45) is 3.41. The van der Waals surface area contributed by atoms with Gasteiger partial charge in [-0.1, -0.05) is 11.6 Å². The summed E-state index contributed by atoms with van der Waals surface area (Å²) in [4.78, 5) is 19.3. The van der Waals surface area contributed by atoms with Crippen molar-refractivity contribution in [3.8, 4) is 0 Å². The smallest absolute Gasteiger partial charge is 0.230 e. The number of hydrogen-bond acceptors (Lipinski definition) is 4. The summed E-state index contributed by atoms with van der Waals surface area (Å²) in [5.74, 6) is -0.0245. The maximum atomic E-state index is 12.6. The van der Waals surface area contributed by atoms with E-state index in [0.29, 0.717) is 31.1 Å². The monoisotopic (exact) mass is 359 g/mol. The zero-order valence-electron chi connectivity index (χ0n) is 14.3. The standard InChI is InChI=1S/C19H22ClN3O2/c1-12-9-13(20)10-14-15(3-7-21-17(12)14)23-8-4-16(24)19(11-23)5-2-6-22-18(19)25/h3,7,9-10,16,24H,2,4-6,8,11H2,1H3,(H,22,25)/t16-,19-/m1/s1. The Hall–Kier alpha value is -1.85. The minimum Gasteiger partial charge on any atom is -0.392 e. The molecule has 3 heterocycles. The second-order valence-corrected chi connectivity index (χ2v) is 7.63. The highest BCUT2D eigenvalue weighted by atomic mass is 35.5. The van der Waals surface area contributed by atoms with Gasteiger partial charge in [0, 0.05) is 41.9 Å². The number of aliphatic hydroxyl groups excluding tert-OH is 1. The van der Waals surface area contributed by atoms with E-state index in [0.717, 1.165) is 35.0 Å². The van der Waals surface area contributed by atoms with Crippen LogP contribution in [0.25, 0.3) is 10.9 Å². The molecule has 5 nitrogen and oxygen atoms in total. The number of aliphatic hydroxyl groups is 1. The van der Waals surface area contributed by atoms with E-state index in [1.165, 1.54) is 0 Å². The fourth-order valence-electron chi connectivity index (χ4n) is 4.30. The number of nitrogens with one attached hydrogen (secondary N) is 1. The van der Waals surface area contributed by atoms with Crippen molar-refractivity contribution < 1.29 is 9.90 Å². The Morgan fingerprint density at radius 1 is 1.44 bits per heavy atom. The first-order chi connectivity index (χ1) is 12.0. The number of aryl methyl sites for hydroxylation is 1. The van der Waals surface area contributed by atoms with Gasteiger partial charge in [0.25, 0.3) is 0 Å². The molecule has 1 aromatic carbocycles. The van der Waals surface area contributed by atoms with Crippen LogP contribution in [-0.4, -0.2) is 41.7 Å². The molecule has 0 unspecified atom stereocenters. The lowest BCUT2D eigenvalue weighted by Gasteiger charge is -2.47. The number of carbonyl (C=O) groups is 1. The van der Waals surface area contributed by atoms with Gasteiger partial charge < -0.3 is 15.3 Å². The van der Waals surface area contributed by atoms with Gasteiger partial charge in [-0.15, -0.1) is 0 Å². The summed E-state index contributed by atoms with van der Waals surface area (Å²) >= 11 is 6.27. The molecule has 2 N–H and O–H groups in total. The third-order valence-electron chi connectivity index (χ3n) is 5.64. The van der Waals surface area contributed by atoms with Crippen LogP contribution in [0.5, 0.6) is 0 Å². The van der Waals surface area contributed by atoms with E-state index in [1.54, 1.807) is 6.20 Å². The molecule has 132 valence electrons. The summed E-state index contributed by atoms with van der Waals surface area (Å²) < 4.78 is 0. The summed E-state index contributed by atoms with van der Waals surface area (Å²) in [7, 11) is 0. The number of amides is 1. The normalized spacial score (nSPS) is 26.9. The Morgan fingerprint density at radius 2 is 2.28 bits per heavy atom. The predicted octanol–water partition coefficient (Wildman–Crippen LogP) is 2.66. The minimum absolute atomic E-state index is 0.0245. The van der Waals surface area contributed by atoms with Gasteiger partial charge in [0.2, 0.25) is 5.91 Å². The van der Waals surface area contributed by atoms with Gasteiger partial charge in [0.05, 0.1) is 17.0 Å². The molecule has 0 bridgehead atoms. The quantitative estimate of drug-likeness (QED) is 0.821. The molecule has 2 aliphatic heterocycles. The number of carbonyl (C=O) groups excluding carboxylic acids is 1. The number of aromatic nitrogens is 1. The topological polar surface area (TPSA) is 65.5 Å². The van der Waals surface area contributed by atoms with Crippen LogP contribution in [0, 0.1) is 12.3 Å². The van der Waals surface area contributed by atoms with Gasteiger partial charge in [-0.3, -0.25) is 9.78 Å². The first-order valence-corrected chi connectivity index (χ1v) is 9.15. The first kappa shape index (κ1) is 16.6. The van der Waals surface area contributed by atoms with Crippen molar-refractivity contribution in [2.24, 2.45) is 5.41 Å². The molecule has 0 radical (unpaired) electrons. The zero-order valence-corrected chi connectivity index (χ0v) is 15.0. The fourth-order valence-corrected chi connectivity index (χ4v) is 4.57. The number of piperidine rings is 2. The van der Waals surface area contributed by atoms with Crippen LogP contribution in [0.2, 0.25) is 5.02 Å². The van der Waals surface area contributed by atoms with Crippen LogP contribution in [0.4, 0.5) is 5.69 Å². The van der Waals surface area contributed by atoms with E-state index >= 15 is 0 Å². The Kier molecular flexibility index (Phi) is 4.08. The van der Waals surface area contributed by atoms with Crippen molar-refractivity contribution in [2.45, 2.75) is 32.3 Å². The summed E-state index contributed by atoms with van der Waals surface area (Å²) in [6, 6.07) is 5.83. The number of rotatable bonds is 1. The molecular formula is C19H22ClN3O2. The number of pyridine rings is 1. The molecule has 25 heavy (non-hydrogen) atoms. The molecule has 6 heteroatoms. The number of hydrogen-bond donors (Lipinski definition) is 2. The summed E-state index contributed by atoms with van der Waals surface area (Å²) in [6.45, 7) is 3.92. The maximum Gasteiger partial charge on any atom is 0.230 e. The maximum absolute atomic E-state index is 12.6. The predicted molar refractivity (Wildman–Crippen MR) is 99.0 cm³/mol. The number of anilines is 1. The number of halogens is 1. The Balaban J connectivity index is 1.78. The Labute approximate surface area is 152 Å². The van der Waals surface area contributed by atoms with E-state index in [-0.39, 0.29) is 5.91 Å². The molecule has 0 aliphatic carbocycles. The van der Waals surface area contributed by atoms with E-state index in [2.05, 4.69) is 15.2 Å². The van der Waals surface area contributed by atoms with E-state index in [1.807, 2.05) is 25.1 Å². The van der Waals surface area contributed by atoms with Gasteiger partial charge in [-0.25, -0.2) is 0 Å². The van der Waals surface area contributed by atoms with Crippen LogP contribution in [0.1, 0.15) is 24.8 Å². The highest BCUT2D eigenvalue weighted by Gasteiger charge is 2.50. The summed E-state index contributed by atoms with van der Waals surface area (Å²) in [5.41, 5.74) is 2.27. The molecule has 2 atom stereocenters. The van der Waals surface area contributed by atoms with Crippen LogP contribution in [0.15, 0.2) is 24.4 Å². The molecule has 1 amide bonds. The summed E-state index contributed by atoms with van der Waals surface area (Å²) in [5, 5.41) is 15.2. The average Bonchev–Trinajstić information content (AvgIpc) is 2.59. The first-order valence-electron chi connectivity index (χ1n) is 8.77. The molecule has 2 aliphatic rings. The third kappa shape index (κ3) is 2.66. The lowest BCUT2D eigenvalue weighted by atomic mass is 9.71. The largest absolute Gasteiger partial charge is 0.392 e. The lowest BCUT2D eigenvalue weighted by molar-refractivity contribution is -0.142. The van der Waals surface area contributed by atoms with Crippen molar-refractivity contribution in [1.29, 1.82) is 0 Å². The van der Waals surface area contributed by atoms with E-state index in [9.17, 15) is 9.90 Å². The van der Waals surface area contributed by atoms with Crippen LogP contribution < -0.4 is 10.2 Å². The van der Waals surface area contributed by atoms with E-state index in [4.69, 9.17) is 11.6 Å². The van der Waals surface area contributed by atoms with Gasteiger partial charge in [0.1, 0.15) is 0 Å². The Bertz CT molecular complexity index is 841. The average molecular weight is 360 g/mol. The van der Waals surface area contributed by atoms with Crippen molar-refractivity contribution in [3.05, 3.63) is 35.0 Å². The second-order valence-electron chi connectivity index (χ2n) is 7.19. The van der Waals surface area contributed by atoms with Crippen molar-refractivity contribution in [3.63, 3.8) is 0 Å². The van der Waals surface area contributed by atoms with Crippen molar-refractivity contribution in [1.82, 2.24) is 10.3 Å². The van der Waals surface area contributed by atoms with Gasteiger partial charge in [0.15, 0.2) is 0 Å². The zero-order chi connectivity index (χ0) is 17.6. The minimum atomic E-state index is -0.723. The molecule has 4 rings (SSSR count). The van der Waals surface area contributed by atoms with Crippen molar-refractivity contribution in [2.75, 3.05) is 24.5 Å². The number of nitrogens with zero attached hydrogens (tertiary/aromatic N) is 2. The molecule has 2 saturated heterocycles. The molecule has 0 saturated carbocycles. The lowest BCUT2D eigenvalue weighted by Crippen LogP contribution is -2.61. The SMILES string of the molecule is Cc1cc(Cl)cc2c(N3CC[C@@H](O)[C@@]4(CCCNC4=O)C3)ccnc12. The van der Waals surface area contributed by atoms with Crippen molar-refractivity contribution >= 4 is 34.1 Å².